The van der Waals surface area contributed by atoms with Crippen LogP contribution in [0, 0.1) is 0 Å². The molecule has 6 nitrogen and oxygen atoms in total. The lowest BCUT2D eigenvalue weighted by Crippen LogP contribution is -2.08. The average Bonchev–Trinajstić information content (AvgIpc) is 2.95. The number of benzene rings is 1. The Morgan fingerprint density at radius 3 is 2.68 bits per heavy atom. The summed E-state index contributed by atoms with van der Waals surface area (Å²) in [6, 6.07) is 11.9. The Bertz CT molecular complexity index is 961. The smallest absolute Gasteiger partial charge is 0.337 e. The first kappa shape index (κ1) is 16.7. The molecule has 0 unspecified atom stereocenters. The highest BCUT2D eigenvalue weighted by atomic mass is 35.5. The van der Waals surface area contributed by atoms with Crippen molar-refractivity contribution in [2.75, 3.05) is 12.4 Å². The SMILES string of the molecule is COC(=O)c1ccc(NC(=O)/C=C/c2c(Cl)nc3ccccn23)cc1. The summed E-state index contributed by atoms with van der Waals surface area (Å²) in [7, 11) is 1.31. The van der Waals surface area contributed by atoms with Crippen LogP contribution >= 0.6 is 11.6 Å². The molecule has 0 bridgehead atoms. The zero-order valence-electron chi connectivity index (χ0n) is 13.3. The minimum atomic E-state index is -0.431. The first-order valence-electron chi connectivity index (χ1n) is 7.38. The fraction of sp³-hybridized carbons (Fsp3) is 0.0556. The molecule has 0 radical (unpaired) electrons. The van der Waals surface area contributed by atoms with E-state index >= 15 is 0 Å². The number of rotatable bonds is 4. The highest BCUT2D eigenvalue weighted by Crippen LogP contribution is 2.19. The van der Waals surface area contributed by atoms with E-state index in [9.17, 15) is 9.59 Å². The summed E-state index contributed by atoms with van der Waals surface area (Å²) in [6.45, 7) is 0. The molecule has 0 atom stereocenters. The van der Waals surface area contributed by atoms with Gasteiger partial charge in [-0.2, -0.15) is 0 Å². The molecule has 3 aromatic rings. The first-order chi connectivity index (χ1) is 12.1. The minimum absolute atomic E-state index is 0.317. The largest absolute Gasteiger partial charge is 0.465 e. The maximum Gasteiger partial charge on any atom is 0.337 e. The van der Waals surface area contributed by atoms with Crippen molar-refractivity contribution in [3.05, 3.63) is 71.1 Å². The molecule has 126 valence electrons. The van der Waals surface area contributed by atoms with Crippen LogP contribution in [0.15, 0.2) is 54.7 Å². The molecule has 0 saturated heterocycles. The Kier molecular flexibility index (Phi) is 4.81. The zero-order chi connectivity index (χ0) is 17.8. The number of pyridine rings is 1. The van der Waals surface area contributed by atoms with Gasteiger partial charge in [-0.3, -0.25) is 9.20 Å². The summed E-state index contributed by atoms with van der Waals surface area (Å²) in [4.78, 5) is 27.7. The lowest BCUT2D eigenvalue weighted by molar-refractivity contribution is -0.111. The molecule has 7 heteroatoms. The molecule has 0 fully saturated rings. The van der Waals surface area contributed by atoms with Crippen LogP contribution in [0.2, 0.25) is 5.15 Å². The van der Waals surface area contributed by atoms with Gasteiger partial charge in [-0.25, -0.2) is 9.78 Å². The zero-order valence-corrected chi connectivity index (χ0v) is 14.0. The van der Waals surface area contributed by atoms with Crippen molar-refractivity contribution < 1.29 is 14.3 Å². The Hall–Kier alpha value is -3.12. The van der Waals surface area contributed by atoms with Crippen molar-refractivity contribution >= 4 is 40.9 Å². The molecule has 2 aromatic heterocycles. The summed E-state index contributed by atoms with van der Waals surface area (Å²) < 4.78 is 6.41. The van der Waals surface area contributed by atoms with Gasteiger partial charge in [0.1, 0.15) is 5.65 Å². The third-order valence-electron chi connectivity index (χ3n) is 3.49. The lowest BCUT2D eigenvalue weighted by atomic mass is 10.2. The predicted octanol–water partition coefficient (Wildman–Crippen LogP) is 3.43. The van der Waals surface area contributed by atoms with Gasteiger partial charge in [0.25, 0.3) is 0 Å². The molecular formula is C18H14ClN3O3. The number of nitrogens with zero attached hydrogens (tertiary/aromatic N) is 2. The fourth-order valence-electron chi connectivity index (χ4n) is 2.28. The van der Waals surface area contributed by atoms with Crippen molar-refractivity contribution in [3.63, 3.8) is 0 Å². The summed E-state index contributed by atoms with van der Waals surface area (Å²) in [5.74, 6) is -0.757. The van der Waals surface area contributed by atoms with Gasteiger partial charge in [-0.05, 0) is 42.5 Å². The number of halogens is 1. The van der Waals surface area contributed by atoms with E-state index < -0.39 is 5.97 Å². The standard InChI is InChI=1S/C18H14ClN3O3/c1-25-18(24)12-5-7-13(8-6-12)20-16(23)10-9-14-17(19)21-15-4-2-3-11-22(14)15/h2-11H,1H3,(H,20,23)/b10-9+. The quantitative estimate of drug-likeness (QED) is 0.575. The van der Waals surface area contributed by atoms with Gasteiger partial charge in [-0.1, -0.05) is 17.7 Å². The highest BCUT2D eigenvalue weighted by molar-refractivity contribution is 6.31. The summed E-state index contributed by atoms with van der Waals surface area (Å²) in [5, 5.41) is 3.02. The van der Waals surface area contributed by atoms with Gasteiger partial charge in [-0.15, -0.1) is 0 Å². The van der Waals surface area contributed by atoms with Crippen molar-refractivity contribution in [1.82, 2.24) is 9.38 Å². The number of methoxy groups -OCH3 is 1. The van der Waals surface area contributed by atoms with E-state index in [4.69, 9.17) is 11.6 Å². The number of aromatic nitrogens is 2. The van der Waals surface area contributed by atoms with E-state index in [0.717, 1.165) is 0 Å². The van der Waals surface area contributed by atoms with Crippen LogP contribution in [0.25, 0.3) is 11.7 Å². The lowest BCUT2D eigenvalue weighted by Gasteiger charge is -2.03. The third-order valence-corrected chi connectivity index (χ3v) is 3.77. The molecule has 0 spiro atoms. The monoisotopic (exact) mass is 355 g/mol. The number of amides is 1. The van der Waals surface area contributed by atoms with E-state index in [1.165, 1.54) is 13.2 Å². The Balaban J connectivity index is 1.72. The molecule has 3 rings (SSSR count). The fourth-order valence-corrected chi connectivity index (χ4v) is 2.52. The molecule has 25 heavy (non-hydrogen) atoms. The van der Waals surface area contributed by atoms with Gasteiger partial charge in [0.05, 0.1) is 18.4 Å². The first-order valence-corrected chi connectivity index (χ1v) is 7.76. The predicted molar refractivity (Wildman–Crippen MR) is 95.6 cm³/mol. The molecule has 2 heterocycles. The van der Waals surface area contributed by atoms with E-state index in [0.29, 0.717) is 27.7 Å². The molecule has 1 amide bonds. The maximum absolute atomic E-state index is 12.1. The molecule has 0 aliphatic rings. The van der Waals surface area contributed by atoms with Crippen LogP contribution in [0.1, 0.15) is 16.1 Å². The van der Waals surface area contributed by atoms with Crippen molar-refractivity contribution in [2.45, 2.75) is 0 Å². The van der Waals surface area contributed by atoms with Crippen molar-refractivity contribution in [2.24, 2.45) is 0 Å². The normalized spacial score (nSPS) is 11.0. The summed E-state index contributed by atoms with van der Waals surface area (Å²) in [6.07, 6.45) is 4.79. The van der Waals surface area contributed by atoms with E-state index in [2.05, 4.69) is 15.0 Å². The van der Waals surface area contributed by atoms with Gasteiger partial charge in [0, 0.05) is 18.0 Å². The van der Waals surface area contributed by atoms with Gasteiger partial charge >= 0.3 is 5.97 Å². The van der Waals surface area contributed by atoms with E-state index in [1.807, 2.05) is 24.4 Å². The number of anilines is 1. The average molecular weight is 356 g/mol. The van der Waals surface area contributed by atoms with Crippen molar-refractivity contribution in [1.29, 1.82) is 0 Å². The number of hydrogen-bond acceptors (Lipinski definition) is 4. The van der Waals surface area contributed by atoms with Crippen LogP contribution < -0.4 is 5.32 Å². The van der Waals surface area contributed by atoms with E-state index in [-0.39, 0.29) is 5.91 Å². The van der Waals surface area contributed by atoms with Crippen LogP contribution in [0.4, 0.5) is 5.69 Å². The Labute approximate surface area is 148 Å². The second-order valence-electron chi connectivity index (χ2n) is 5.11. The van der Waals surface area contributed by atoms with Crippen LogP contribution in [0.5, 0.6) is 0 Å². The third kappa shape index (κ3) is 3.70. The summed E-state index contributed by atoms with van der Waals surface area (Å²) in [5.41, 5.74) is 2.29. The molecule has 0 aliphatic carbocycles. The number of carbonyl (C=O) groups is 2. The van der Waals surface area contributed by atoms with Crippen LogP contribution in [-0.4, -0.2) is 28.4 Å². The molecule has 0 saturated carbocycles. The van der Waals surface area contributed by atoms with Gasteiger partial charge in [0.2, 0.25) is 5.91 Å². The number of esters is 1. The van der Waals surface area contributed by atoms with Crippen LogP contribution in [0.3, 0.4) is 0 Å². The van der Waals surface area contributed by atoms with Gasteiger partial charge in [0.15, 0.2) is 5.15 Å². The number of carbonyl (C=O) groups excluding carboxylic acids is 2. The minimum Gasteiger partial charge on any atom is -0.465 e. The molecular weight excluding hydrogens is 342 g/mol. The second-order valence-corrected chi connectivity index (χ2v) is 5.47. The van der Waals surface area contributed by atoms with Crippen molar-refractivity contribution in [3.8, 4) is 0 Å². The molecule has 1 aromatic carbocycles. The Morgan fingerprint density at radius 1 is 1.20 bits per heavy atom. The number of nitrogens with one attached hydrogen (secondary N) is 1. The number of fused-ring (bicyclic) bond motifs is 1. The topological polar surface area (TPSA) is 72.7 Å². The van der Waals surface area contributed by atoms with Gasteiger partial charge < -0.3 is 10.1 Å². The summed E-state index contributed by atoms with van der Waals surface area (Å²) >= 11 is 6.11. The number of hydrogen-bond donors (Lipinski definition) is 1. The number of imidazole rings is 1. The van der Waals surface area contributed by atoms with E-state index in [1.54, 1.807) is 34.7 Å². The molecule has 1 N–H and O–H groups in total. The number of ether oxygens (including phenoxy) is 1. The Morgan fingerprint density at radius 2 is 1.96 bits per heavy atom. The molecule has 0 aliphatic heterocycles. The highest BCUT2D eigenvalue weighted by Gasteiger charge is 2.08. The van der Waals surface area contributed by atoms with Crippen LogP contribution in [-0.2, 0) is 9.53 Å². The maximum atomic E-state index is 12.1. The second kappa shape index (κ2) is 7.19.